The molecule has 0 amide bonds. The number of hydrogen-bond donors (Lipinski definition) is 1. The van der Waals surface area contributed by atoms with Crippen molar-refractivity contribution in [2.45, 2.75) is 77.6 Å². The zero-order chi connectivity index (χ0) is 28.3. The molecule has 3 atom stereocenters. The Labute approximate surface area is 218 Å². The number of carbonyl (C=O) groups excluding carboxylic acids is 3. The summed E-state index contributed by atoms with van der Waals surface area (Å²) in [5.74, 6) is -8.70. The molecule has 3 aliphatic rings. The van der Waals surface area contributed by atoms with Gasteiger partial charge in [0.05, 0.1) is 13.2 Å². The lowest BCUT2D eigenvalue weighted by atomic mass is 9.44. The number of ether oxygens (including phenoxy) is 2. The van der Waals surface area contributed by atoms with Gasteiger partial charge in [0, 0.05) is 35.8 Å². The van der Waals surface area contributed by atoms with Crippen molar-refractivity contribution in [1.29, 1.82) is 0 Å². The summed E-state index contributed by atoms with van der Waals surface area (Å²) in [5.41, 5.74) is -1.27. The number of hydrogen-bond acceptors (Lipinski definition) is 9. The minimum Gasteiger partial charge on any atom is -0.508 e. The Morgan fingerprint density at radius 1 is 1.21 bits per heavy atom. The molecule has 0 heterocycles. The Kier molecular flexibility index (Phi) is 8.94. The molecule has 0 aromatic heterocycles. The van der Waals surface area contributed by atoms with E-state index in [0.29, 0.717) is 19.3 Å². The molecule has 1 aromatic rings. The fourth-order valence-corrected chi connectivity index (χ4v) is 5.50. The highest BCUT2D eigenvalue weighted by Gasteiger charge is 2.59. The van der Waals surface area contributed by atoms with E-state index in [9.17, 15) is 29.6 Å². The van der Waals surface area contributed by atoms with Crippen molar-refractivity contribution in [2.24, 2.45) is 17.3 Å². The molecule has 38 heavy (non-hydrogen) atoms. The Balaban J connectivity index is 1.92. The number of esters is 2. The van der Waals surface area contributed by atoms with E-state index in [1.54, 1.807) is 0 Å². The van der Waals surface area contributed by atoms with E-state index in [4.69, 9.17) is 9.47 Å². The summed E-state index contributed by atoms with van der Waals surface area (Å²) in [5, 5.41) is 20.2. The fraction of sp³-hybridized carbons (Fsp3) is 0.654. The average molecular weight is 542 g/mol. The maximum absolute atomic E-state index is 15.1. The first kappa shape index (κ1) is 29.2. The number of rotatable bonds is 13. The van der Waals surface area contributed by atoms with Crippen LogP contribution in [-0.2, 0) is 29.9 Å². The van der Waals surface area contributed by atoms with Gasteiger partial charge < -0.3 is 19.4 Å². The van der Waals surface area contributed by atoms with Gasteiger partial charge in [-0.25, -0.2) is 4.79 Å². The van der Waals surface area contributed by atoms with E-state index in [1.165, 1.54) is 0 Å². The van der Waals surface area contributed by atoms with Crippen LogP contribution < -0.4 is 4.74 Å². The van der Waals surface area contributed by atoms with E-state index in [0.717, 1.165) is 18.6 Å². The molecule has 3 saturated carbocycles. The third kappa shape index (κ3) is 6.05. The second-order valence-corrected chi connectivity index (χ2v) is 10.5. The summed E-state index contributed by atoms with van der Waals surface area (Å²) in [6, 6.07) is 1.56. The highest BCUT2D eigenvalue weighted by atomic mass is 19.3. The summed E-state index contributed by atoms with van der Waals surface area (Å²) in [7, 11) is 0. The summed E-state index contributed by atoms with van der Waals surface area (Å²) < 4.78 is 40.2. The van der Waals surface area contributed by atoms with Crippen molar-refractivity contribution in [3.05, 3.63) is 33.4 Å². The number of aromatic hydroxyl groups is 1. The van der Waals surface area contributed by atoms with Crippen LogP contribution in [0.4, 0.5) is 8.78 Å². The van der Waals surface area contributed by atoms with Crippen LogP contribution in [0.15, 0.2) is 12.1 Å². The van der Waals surface area contributed by atoms with Gasteiger partial charge in [0.1, 0.15) is 17.3 Å². The van der Waals surface area contributed by atoms with Gasteiger partial charge in [-0.2, -0.15) is 8.78 Å². The molecule has 2 bridgehead atoms. The molecule has 3 aliphatic carbocycles. The first-order valence-electron chi connectivity index (χ1n) is 12.7. The third-order valence-corrected chi connectivity index (χ3v) is 7.68. The first-order valence-corrected chi connectivity index (χ1v) is 12.7. The lowest BCUT2D eigenvalue weighted by molar-refractivity contribution is -0.757. The number of benzene rings is 1. The van der Waals surface area contributed by atoms with Crippen molar-refractivity contribution < 1.29 is 47.7 Å². The molecule has 0 unspecified atom stereocenters. The number of phenolic OH excluding ortho intramolecular Hbond substituents is 1. The van der Waals surface area contributed by atoms with E-state index in [-0.39, 0.29) is 55.7 Å². The molecule has 10 nitrogen and oxygen atoms in total. The van der Waals surface area contributed by atoms with E-state index in [1.807, 2.05) is 20.8 Å². The maximum Gasteiger partial charge on any atom is 0.381 e. The van der Waals surface area contributed by atoms with Gasteiger partial charge in [-0.1, -0.05) is 33.6 Å². The van der Waals surface area contributed by atoms with Gasteiger partial charge in [0.15, 0.2) is 0 Å². The van der Waals surface area contributed by atoms with Crippen LogP contribution in [0.1, 0.15) is 82.8 Å². The van der Waals surface area contributed by atoms with Crippen molar-refractivity contribution in [3.8, 4) is 11.5 Å². The van der Waals surface area contributed by atoms with Crippen LogP contribution in [0.3, 0.4) is 0 Å². The minimum atomic E-state index is -4.15. The van der Waals surface area contributed by atoms with Crippen molar-refractivity contribution in [2.75, 3.05) is 13.2 Å². The number of halogens is 2. The number of Topliss-reactive ketones (excluding diaryl/α,β-unsaturated/α-hetero) is 1. The van der Waals surface area contributed by atoms with Crippen LogP contribution >= 0.6 is 0 Å². The maximum atomic E-state index is 15.1. The van der Waals surface area contributed by atoms with Crippen LogP contribution in [0.5, 0.6) is 11.5 Å². The van der Waals surface area contributed by atoms with Gasteiger partial charge in [-0.3, -0.25) is 9.59 Å². The van der Waals surface area contributed by atoms with Crippen LogP contribution in [0.2, 0.25) is 0 Å². The van der Waals surface area contributed by atoms with Crippen molar-refractivity contribution in [3.63, 3.8) is 0 Å². The highest BCUT2D eigenvalue weighted by molar-refractivity contribution is 5.86. The van der Waals surface area contributed by atoms with Crippen LogP contribution in [0, 0.1) is 27.4 Å². The standard InChI is InChI=1S/C26H33F2NO9/c1-4-5-6-9-36-24(33)26(27,28)15-11-20(31)23(16-13-19(30)18-14-17(16)25(18,2)3)21(12-15)38-22(32)8-7-10-37-29(34)35/h11-12,16-18,31H,4-10,13-14H2,1-3H3/t16-,17+,18-/m1/s1. The molecule has 0 radical (unpaired) electrons. The normalized spacial score (nSPS) is 21.8. The second kappa shape index (κ2) is 11.6. The molecular formula is C26H33F2NO9. The lowest BCUT2D eigenvalue weighted by Crippen LogP contribution is -2.56. The molecule has 1 aromatic carbocycles. The highest BCUT2D eigenvalue weighted by Crippen LogP contribution is 2.64. The summed E-state index contributed by atoms with van der Waals surface area (Å²) in [4.78, 5) is 51.9. The Bertz CT molecular complexity index is 1090. The van der Waals surface area contributed by atoms with E-state index >= 15 is 8.78 Å². The molecular weight excluding hydrogens is 508 g/mol. The number of unbranched alkanes of at least 4 members (excludes halogenated alkanes) is 2. The molecule has 4 rings (SSSR count). The largest absolute Gasteiger partial charge is 0.508 e. The predicted molar refractivity (Wildman–Crippen MR) is 128 cm³/mol. The van der Waals surface area contributed by atoms with Gasteiger partial charge in [0.25, 0.3) is 5.09 Å². The zero-order valence-corrected chi connectivity index (χ0v) is 21.7. The summed E-state index contributed by atoms with van der Waals surface area (Å²) in [6.07, 6.45) is 2.10. The van der Waals surface area contributed by atoms with Gasteiger partial charge in [0.2, 0.25) is 0 Å². The number of alkyl halides is 2. The zero-order valence-electron chi connectivity index (χ0n) is 21.7. The van der Waals surface area contributed by atoms with Gasteiger partial charge >= 0.3 is 17.9 Å². The van der Waals surface area contributed by atoms with Crippen LogP contribution in [0.25, 0.3) is 0 Å². The summed E-state index contributed by atoms with van der Waals surface area (Å²) >= 11 is 0. The molecule has 210 valence electrons. The molecule has 0 spiro atoms. The monoisotopic (exact) mass is 541 g/mol. The van der Waals surface area contributed by atoms with Gasteiger partial charge in [-0.05, 0) is 42.7 Å². The second-order valence-electron chi connectivity index (χ2n) is 10.5. The number of fused-ring (bicyclic) bond motifs is 2. The topological polar surface area (TPSA) is 142 Å². The molecule has 0 aliphatic heterocycles. The molecule has 3 fully saturated rings. The van der Waals surface area contributed by atoms with E-state index in [2.05, 4.69) is 4.84 Å². The number of carbonyl (C=O) groups is 3. The number of nitrogens with zero attached hydrogens (tertiary/aromatic N) is 1. The lowest BCUT2D eigenvalue weighted by Gasteiger charge is -2.59. The minimum absolute atomic E-state index is 0.0267. The first-order chi connectivity index (χ1) is 17.8. The van der Waals surface area contributed by atoms with Crippen molar-refractivity contribution >= 4 is 17.7 Å². The third-order valence-electron chi connectivity index (χ3n) is 7.68. The van der Waals surface area contributed by atoms with E-state index < -0.39 is 51.3 Å². The van der Waals surface area contributed by atoms with Crippen molar-refractivity contribution in [1.82, 2.24) is 0 Å². The Hall–Kier alpha value is -3.31. The quantitative estimate of drug-likeness (QED) is 0.122. The number of phenols is 1. The fourth-order valence-electron chi connectivity index (χ4n) is 5.50. The summed E-state index contributed by atoms with van der Waals surface area (Å²) in [6.45, 7) is 5.18. The number of ketones is 1. The predicted octanol–water partition coefficient (Wildman–Crippen LogP) is 4.83. The Morgan fingerprint density at radius 3 is 2.53 bits per heavy atom. The van der Waals surface area contributed by atoms with Crippen LogP contribution in [-0.4, -0.2) is 41.1 Å². The SMILES string of the molecule is CCCCCOC(=O)C(F)(F)c1cc(O)c([C@@H]2CC(=O)[C@H]3C[C@@H]2C3(C)C)c(OC(=O)CCCO[N+](=O)[O-])c1. The average Bonchev–Trinajstić information content (AvgIpc) is 2.83. The molecule has 12 heteroatoms. The Morgan fingerprint density at radius 2 is 1.92 bits per heavy atom. The molecule has 0 saturated heterocycles. The van der Waals surface area contributed by atoms with Gasteiger partial charge in [-0.15, -0.1) is 10.1 Å². The smallest absolute Gasteiger partial charge is 0.381 e. The molecule has 1 N–H and O–H groups in total.